The molecular formula is C15H12ClFN2O. The number of nitrogens with two attached hydrogens (primary N) is 1. The van der Waals surface area contributed by atoms with Gasteiger partial charge in [-0.15, -0.1) is 0 Å². The predicted molar refractivity (Wildman–Crippen MR) is 78.1 cm³/mol. The van der Waals surface area contributed by atoms with Gasteiger partial charge in [-0.25, -0.2) is 9.38 Å². The van der Waals surface area contributed by atoms with Gasteiger partial charge in [0.25, 0.3) is 0 Å². The van der Waals surface area contributed by atoms with Crippen molar-refractivity contribution < 1.29 is 9.18 Å². The van der Waals surface area contributed by atoms with Gasteiger partial charge in [0.05, 0.1) is 17.1 Å². The fraction of sp³-hybridized carbons (Fsp3) is 0.0667. The summed E-state index contributed by atoms with van der Waals surface area (Å²) < 4.78 is 12.8. The van der Waals surface area contributed by atoms with E-state index < -0.39 is 0 Å². The largest absolute Gasteiger partial charge is 0.387 e. The number of hydrogen-bond acceptors (Lipinski definition) is 2. The number of ketones is 1. The highest BCUT2D eigenvalue weighted by atomic mass is 35.5. The summed E-state index contributed by atoms with van der Waals surface area (Å²) in [6.45, 7) is 0. The Bertz CT molecular complexity index is 653. The summed E-state index contributed by atoms with van der Waals surface area (Å²) in [4.78, 5) is 16.0. The van der Waals surface area contributed by atoms with Crippen molar-refractivity contribution in [3.05, 3.63) is 64.9 Å². The van der Waals surface area contributed by atoms with Crippen LogP contribution in [0.5, 0.6) is 0 Å². The van der Waals surface area contributed by atoms with Crippen molar-refractivity contribution in [3.63, 3.8) is 0 Å². The van der Waals surface area contributed by atoms with Gasteiger partial charge in [-0.2, -0.15) is 0 Å². The molecule has 2 N–H and O–H groups in total. The first-order chi connectivity index (χ1) is 9.56. The minimum atomic E-state index is -0.390. The lowest BCUT2D eigenvalue weighted by molar-refractivity contribution is 0.100. The molecule has 0 heterocycles. The number of nitrogens with zero attached hydrogens (tertiary/aromatic N) is 1. The van der Waals surface area contributed by atoms with Gasteiger partial charge in [0.2, 0.25) is 0 Å². The highest BCUT2D eigenvalue weighted by Gasteiger charge is 2.08. The molecule has 0 fully saturated rings. The summed E-state index contributed by atoms with van der Waals surface area (Å²) in [7, 11) is 0. The smallest absolute Gasteiger partial charge is 0.170 e. The second-order valence-electron chi connectivity index (χ2n) is 4.16. The van der Waals surface area contributed by atoms with Gasteiger partial charge in [0, 0.05) is 5.56 Å². The van der Waals surface area contributed by atoms with Crippen LogP contribution in [0, 0.1) is 5.82 Å². The van der Waals surface area contributed by atoms with Crippen LogP contribution in [0.1, 0.15) is 16.8 Å². The molecule has 0 bridgehead atoms. The van der Waals surface area contributed by atoms with E-state index >= 15 is 0 Å². The number of aliphatic imine (C=N–C) groups is 1. The maximum atomic E-state index is 12.8. The molecule has 2 aromatic rings. The van der Waals surface area contributed by atoms with Crippen LogP contribution >= 0.6 is 11.6 Å². The van der Waals surface area contributed by atoms with E-state index in [1.165, 1.54) is 24.3 Å². The van der Waals surface area contributed by atoms with E-state index in [4.69, 9.17) is 17.3 Å². The third kappa shape index (κ3) is 3.65. The highest BCUT2D eigenvalue weighted by Crippen LogP contribution is 2.23. The maximum Gasteiger partial charge on any atom is 0.170 e. The minimum Gasteiger partial charge on any atom is -0.387 e. The zero-order valence-electron chi connectivity index (χ0n) is 10.5. The summed E-state index contributed by atoms with van der Waals surface area (Å²) in [6.07, 6.45) is -0.0448. The van der Waals surface area contributed by atoms with Crippen LogP contribution in [0.4, 0.5) is 10.1 Å². The van der Waals surface area contributed by atoms with Gasteiger partial charge in [-0.3, -0.25) is 4.79 Å². The van der Waals surface area contributed by atoms with E-state index in [0.717, 1.165) is 0 Å². The van der Waals surface area contributed by atoms with Crippen molar-refractivity contribution in [3.8, 4) is 0 Å². The van der Waals surface area contributed by atoms with Crippen LogP contribution in [0.15, 0.2) is 53.5 Å². The topological polar surface area (TPSA) is 55.5 Å². The maximum absolute atomic E-state index is 12.8. The van der Waals surface area contributed by atoms with Crippen molar-refractivity contribution in [1.82, 2.24) is 0 Å². The summed E-state index contributed by atoms with van der Waals surface area (Å²) in [5, 5.41) is 0.463. The number of benzene rings is 2. The number of rotatable bonds is 4. The predicted octanol–water partition coefficient (Wildman–Crippen LogP) is 3.74. The van der Waals surface area contributed by atoms with Gasteiger partial charge < -0.3 is 5.73 Å². The molecule has 102 valence electrons. The van der Waals surface area contributed by atoms with Gasteiger partial charge in [-0.1, -0.05) is 23.7 Å². The molecule has 0 amide bonds. The standard InChI is InChI=1S/C15H12ClFN2O/c16-12-3-1-2-4-13(12)19-15(18)9-14(20)10-5-7-11(17)8-6-10/h1-8H,9H2,(H2,18,19). The number of Topliss-reactive ketones (excluding diaryl/α,β-unsaturated/α-hetero) is 1. The summed E-state index contributed by atoms with van der Waals surface area (Å²) in [5.41, 5.74) is 6.64. The Kier molecular flexibility index (Phi) is 4.48. The SMILES string of the molecule is NC(CC(=O)c1ccc(F)cc1)=Nc1ccccc1Cl. The van der Waals surface area contributed by atoms with Crippen LogP contribution < -0.4 is 5.73 Å². The molecule has 0 aliphatic rings. The van der Waals surface area contributed by atoms with Crippen molar-refractivity contribution in [2.45, 2.75) is 6.42 Å². The number of carbonyl (C=O) groups excluding carboxylic acids is 1. The molecule has 0 aromatic heterocycles. The van der Waals surface area contributed by atoms with Crippen LogP contribution in [0.2, 0.25) is 5.02 Å². The van der Waals surface area contributed by atoms with E-state index in [0.29, 0.717) is 16.3 Å². The Hall–Kier alpha value is -2.20. The normalized spacial score (nSPS) is 11.4. The Morgan fingerprint density at radius 1 is 1.15 bits per heavy atom. The minimum absolute atomic E-state index is 0.0448. The van der Waals surface area contributed by atoms with E-state index in [1.54, 1.807) is 24.3 Å². The molecule has 0 atom stereocenters. The average Bonchev–Trinajstić information content (AvgIpc) is 2.42. The van der Waals surface area contributed by atoms with E-state index in [2.05, 4.69) is 4.99 Å². The molecular weight excluding hydrogens is 279 g/mol. The van der Waals surface area contributed by atoms with Crippen molar-refractivity contribution in [2.75, 3.05) is 0 Å². The lowest BCUT2D eigenvalue weighted by atomic mass is 10.1. The molecule has 0 saturated carbocycles. The molecule has 5 heteroatoms. The number of amidine groups is 1. The number of hydrogen-bond donors (Lipinski definition) is 1. The third-order valence-electron chi connectivity index (χ3n) is 2.62. The molecule has 20 heavy (non-hydrogen) atoms. The third-order valence-corrected chi connectivity index (χ3v) is 2.94. The first-order valence-electron chi connectivity index (χ1n) is 5.92. The highest BCUT2D eigenvalue weighted by molar-refractivity contribution is 6.33. The molecule has 3 nitrogen and oxygen atoms in total. The van der Waals surface area contributed by atoms with Crippen LogP contribution in [0.3, 0.4) is 0 Å². The lowest BCUT2D eigenvalue weighted by Gasteiger charge is -2.02. The zero-order chi connectivity index (χ0) is 14.5. The van der Waals surface area contributed by atoms with Crippen LogP contribution in [-0.2, 0) is 0 Å². The molecule has 0 saturated heterocycles. The Morgan fingerprint density at radius 2 is 1.80 bits per heavy atom. The van der Waals surface area contributed by atoms with Gasteiger partial charge in [0.15, 0.2) is 5.78 Å². The van der Waals surface area contributed by atoms with Crippen molar-refractivity contribution in [1.29, 1.82) is 0 Å². The Morgan fingerprint density at radius 3 is 2.45 bits per heavy atom. The second kappa shape index (κ2) is 6.30. The molecule has 0 aliphatic heterocycles. The van der Waals surface area contributed by atoms with Crippen LogP contribution in [0.25, 0.3) is 0 Å². The molecule has 0 radical (unpaired) electrons. The summed E-state index contributed by atoms with van der Waals surface area (Å²) in [5.74, 6) is -0.454. The van der Waals surface area contributed by atoms with E-state index in [-0.39, 0.29) is 23.9 Å². The first-order valence-corrected chi connectivity index (χ1v) is 6.30. The second-order valence-corrected chi connectivity index (χ2v) is 4.57. The van der Waals surface area contributed by atoms with E-state index in [9.17, 15) is 9.18 Å². The zero-order valence-corrected chi connectivity index (χ0v) is 11.3. The lowest BCUT2D eigenvalue weighted by Crippen LogP contribution is -2.16. The Labute approximate surface area is 120 Å². The monoisotopic (exact) mass is 290 g/mol. The summed E-state index contributed by atoms with van der Waals surface area (Å²) in [6, 6.07) is 12.2. The van der Waals surface area contributed by atoms with Gasteiger partial charge in [-0.05, 0) is 36.4 Å². The number of para-hydroxylation sites is 1. The van der Waals surface area contributed by atoms with E-state index in [1.807, 2.05) is 0 Å². The molecule has 0 unspecified atom stereocenters. The van der Waals surface area contributed by atoms with Crippen LogP contribution in [-0.4, -0.2) is 11.6 Å². The molecule has 0 aliphatic carbocycles. The molecule has 2 rings (SSSR count). The van der Waals surface area contributed by atoms with Crippen molar-refractivity contribution in [2.24, 2.45) is 10.7 Å². The molecule has 0 spiro atoms. The average molecular weight is 291 g/mol. The van der Waals surface area contributed by atoms with Gasteiger partial charge in [0.1, 0.15) is 11.7 Å². The molecule has 2 aromatic carbocycles. The number of carbonyl (C=O) groups is 1. The number of halogens is 2. The first kappa shape index (κ1) is 14.2. The Balaban J connectivity index is 2.11. The summed E-state index contributed by atoms with van der Waals surface area (Å²) >= 11 is 5.95. The van der Waals surface area contributed by atoms with Gasteiger partial charge >= 0.3 is 0 Å². The fourth-order valence-electron chi connectivity index (χ4n) is 1.64. The fourth-order valence-corrected chi connectivity index (χ4v) is 1.82. The van der Waals surface area contributed by atoms with Crippen molar-refractivity contribution >= 4 is 28.9 Å². The quantitative estimate of drug-likeness (QED) is 0.530.